The van der Waals surface area contributed by atoms with Crippen molar-refractivity contribution in [1.82, 2.24) is 15.5 Å². The zero-order valence-corrected chi connectivity index (χ0v) is 13.0. The molecule has 1 saturated heterocycles. The van der Waals surface area contributed by atoms with Gasteiger partial charge in [0, 0.05) is 5.56 Å². The average molecular weight is 336 g/mol. The average Bonchev–Trinajstić information content (AvgIpc) is 3.09. The number of hydrogen-bond acceptors (Lipinski definition) is 3. The predicted molar refractivity (Wildman–Crippen MR) is 82.9 cm³/mol. The number of halogens is 1. The number of hydrogen-bond donors (Lipinski definition) is 2. The van der Waals surface area contributed by atoms with Crippen molar-refractivity contribution in [2.75, 3.05) is 13.2 Å². The van der Waals surface area contributed by atoms with Gasteiger partial charge >= 0.3 is 0 Å². The molecule has 1 aromatic carbocycles. The lowest BCUT2D eigenvalue weighted by molar-refractivity contribution is 0.340. The number of ether oxygens (including phenoxy) is 1. The minimum Gasteiger partial charge on any atom is -0.494 e. The number of benzene rings is 1. The van der Waals surface area contributed by atoms with Gasteiger partial charge in [-0.15, -0.1) is 0 Å². The third-order valence-electron chi connectivity index (χ3n) is 3.58. The zero-order valence-electron chi connectivity index (χ0n) is 11.4. The van der Waals surface area contributed by atoms with Crippen molar-refractivity contribution in [3.63, 3.8) is 0 Å². The molecule has 2 heterocycles. The molecular formula is C15H18BrN3O. The second-order valence-corrected chi connectivity index (χ2v) is 5.70. The van der Waals surface area contributed by atoms with Crippen molar-refractivity contribution >= 4 is 15.9 Å². The molecule has 1 aliphatic rings. The van der Waals surface area contributed by atoms with Crippen LogP contribution in [-0.4, -0.2) is 23.3 Å². The van der Waals surface area contributed by atoms with E-state index in [2.05, 4.69) is 31.4 Å². The minimum atomic E-state index is 0.383. The molecule has 4 nitrogen and oxygen atoms in total. The molecule has 1 unspecified atom stereocenters. The number of aromatic amines is 1. The number of rotatable bonds is 4. The molecule has 0 aliphatic carbocycles. The van der Waals surface area contributed by atoms with Crippen LogP contribution in [-0.2, 0) is 0 Å². The maximum atomic E-state index is 5.46. The van der Waals surface area contributed by atoms with E-state index in [1.807, 2.05) is 31.2 Å². The number of aromatic nitrogens is 2. The van der Waals surface area contributed by atoms with Gasteiger partial charge < -0.3 is 10.1 Å². The minimum absolute atomic E-state index is 0.383. The summed E-state index contributed by atoms with van der Waals surface area (Å²) < 4.78 is 6.52. The van der Waals surface area contributed by atoms with Crippen LogP contribution in [0.5, 0.6) is 5.75 Å². The van der Waals surface area contributed by atoms with Gasteiger partial charge in [-0.3, -0.25) is 5.10 Å². The van der Waals surface area contributed by atoms with Gasteiger partial charge in [-0.2, -0.15) is 5.10 Å². The maximum absolute atomic E-state index is 5.46. The Balaban J connectivity index is 1.86. The Kier molecular flexibility index (Phi) is 4.08. The van der Waals surface area contributed by atoms with Gasteiger partial charge in [0.1, 0.15) is 11.4 Å². The van der Waals surface area contributed by atoms with Crippen LogP contribution < -0.4 is 10.1 Å². The van der Waals surface area contributed by atoms with E-state index in [0.29, 0.717) is 12.6 Å². The van der Waals surface area contributed by atoms with E-state index in [0.717, 1.165) is 40.1 Å². The molecule has 1 aromatic heterocycles. The van der Waals surface area contributed by atoms with Gasteiger partial charge in [-0.05, 0) is 66.5 Å². The molecule has 2 aromatic rings. The van der Waals surface area contributed by atoms with Crippen LogP contribution in [0, 0.1) is 0 Å². The van der Waals surface area contributed by atoms with Crippen LogP contribution in [0.25, 0.3) is 11.3 Å². The highest BCUT2D eigenvalue weighted by Crippen LogP contribution is 2.35. The third kappa shape index (κ3) is 2.60. The van der Waals surface area contributed by atoms with Crippen molar-refractivity contribution in [2.45, 2.75) is 25.8 Å². The molecular weight excluding hydrogens is 318 g/mol. The SMILES string of the molecule is CCOc1ccc(-c2n[nH]c(C3CCCN3)c2Br)cc1. The van der Waals surface area contributed by atoms with Crippen LogP contribution in [0.4, 0.5) is 0 Å². The quantitative estimate of drug-likeness (QED) is 0.896. The second kappa shape index (κ2) is 5.97. The summed E-state index contributed by atoms with van der Waals surface area (Å²) in [7, 11) is 0. The molecule has 0 radical (unpaired) electrons. The molecule has 1 fully saturated rings. The predicted octanol–water partition coefficient (Wildman–Crippen LogP) is 3.66. The van der Waals surface area contributed by atoms with Crippen molar-refractivity contribution in [1.29, 1.82) is 0 Å². The first-order valence-electron chi connectivity index (χ1n) is 7.00. The summed E-state index contributed by atoms with van der Waals surface area (Å²) in [6.07, 6.45) is 2.37. The van der Waals surface area contributed by atoms with Crippen molar-refractivity contribution < 1.29 is 4.74 Å². The maximum Gasteiger partial charge on any atom is 0.119 e. The molecule has 106 valence electrons. The van der Waals surface area contributed by atoms with Crippen molar-refractivity contribution in [2.24, 2.45) is 0 Å². The van der Waals surface area contributed by atoms with Gasteiger partial charge in [-0.1, -0.05) is 0 Å². The first kappa shape index (κ1) is 13.6. The Hall–Kier alpha value is -1.33. The van der Waals surface area contributed by atoms with E-state index in [4.69, 9.17) is 4.74 Å². The normalized spacial score (nSPS) is 18.4. The van der Waals surface area contributed by atoms with Crippen LogP contribution in [0.15, 0.2) is 28.7 Å². The van der Waals surface area contributed by atoms with E-state index >= 15 is 0 Å². The van der Waals surface area contributed by atoms with E-state index in [9.17, 15) is 0 Å². The molecule has 20 heavy (non-hydrogen) atoms. The van der Waals surface area contributed by atoms with Crippen LogP contribution in [0.2, 0.25) is 0 Å². The first-order chi connectivity index (χ1) is 9.79. The summed E-state index contributed by atoms with van der Waals surface area (Å²) in [6.45, 7) is 3.75. The smallest absolute Gasteiger partial charge is 0.119 e. The molecule has 5 heteroatoms. The summed E-state index contributed by atoms with van der Waals surface area (Å²) in [5.41, 5.74) is 3.18. The fourth-order valence-electron chi connectivity index (χ4n) is 2.57. The number of nitrogens with one attached hydrogen (secondary N) is 2. The molecule has 0 amide bonds. The van der Waals surface area contributed by atoms with Crippen LogP contribution in [0.1, 0.15) is 31.5 Å². The van der Waals surface area contributed by atoms with Gasteiger partial charge in [0.2, 0.25) is 0 Å². The zero-order chi connectivity index (χ0) is 13.9. The van der Waals surface area contributed by atoms with Crippen molar-refractivity contribution in [3.05, 3.63) is 34.4 Å². The number of H-pyrrole nitrogens is 1. The Labute approximate surface area is 127 Å². The first-order valence-corrected chi connectivity index (χ1v) is 7.79. The Morgan fingerprint density at radius 2 is 2.15 bits per heavy atom. The topological polar surface area (TPSA) is 49.9 Å². The van der Waals surface area contributed by atoms with E-state index in [-0.39, 0.29) is 0 Å². The summed E-state index contributed by atoms with van der Waals surface area (Å²) in [5, 5.41) is 11.1. The lowest BCUT2D eigenvalue weighted by Crippen LogP contribution is -2.13. The molecule has 2 N–H and O–H groups in total. The summed E-state index contributed by atoms with van der Waals surface area (Å²) >= 11 is 3.68. The highest BCUT2D eigenvalue weighted by Gasteiger charge is 2.23. The van der Waals surface area contributed by atoms with Crippen LogP contribution in [0.3, 0.4) is 0 Å². The highest BCUT2D eigenvalue weighted by molar-refractivity contribution is 9.10. The fraction of sp³-hybridized carbons (Fsp3) is 0.400. The van der Waals surface area contributed by atoms with Gasteiger partial charge in [-0.25, -0.2) is 0 Å². The molecule has 1 aliphatic heterocycles. The summed E-state index contributed by atoms with van der Waals surface area (Å²) in [6, 6.07) is 8.42. The summed E-state index contributed by atoms with van der Waals surface area (Å²) in [5.74, 6) is 0.889. The summed E-state index contributed by atoms with van der Waals surface area (Å²) in [4.78, 5) is 0. The van der Waals surface area contributed by atoms with Gasteiger partial charge in [0.05, 0.1) is 22.8 Å². The molecule has 1 atom stereocenters. The highest BCUT2D eigenvalue weighted by atomic mass is 79.9. The molecule has 0 saturated carbocycles. The Morgan fingerprint density at radius 1 is 1.35 bits per heavy atom. The second-order valence-electron chi connectivity index (χ2n) is 4.91. The van der Waals surface area contributed by atoms with E-state index < -0.39 is 0 Å². The lowest BCUT2D eigenvalue weighted by Gasteiger charge is -2.08. The molecule has 0 spiro atoms. The third-order valence-corrected chi connectivity index (χ3v) is 4.38. The van der Waals surface area contributed by atoms with Crippen LogP contribution >= 0.6 is 15.9 Å². The Bertz CT molecular complexity index is 573. The molecule has 3 rings (SSSR count). The largest absolute Gasteiger partial charge is 0.494 e. The van der Waals surface area contributed by atoms with Gasteiger partial charge in [0.15, 0.2) is 0 Å². The fourth-order valence-corrected chi connectivity index (χ4v) is 3.25. The van der Waals surface area contributed by atoms with Crippen molar-refractivity contribution in [3.8, 4) is 17.0 Å². The van der Waals surface area contributed by atoms with E-state index in [1.54, 1.807) is 0 Å². The monoisotopic (exact) mass is 335 g/mol. The standard InChI is InChI=1S/C15H18BrN3O/c1-2-20-11-7-5-10(6-8-11)14-13(16)15(19-18-14)12-4-3-9-17-12/h5-8,12,17H,2-4,9H2,1H3,(H,18,19). The number of nitrogens with zero attached hydrogens (tertiary/aromatic N) is 1. The van der Waals surface area contributed by atoms with E-state index in [1.165, 1.54) is 6.42 Å². The Morgan fingerprint density at radius 3 is 2.80 bits per heavy atom. The van der Waals surface area contributed by atoms with Gasteiger partial charge in [0.25, 0.3) is 0 Å². The lowest BCUT2D eigenvalue weighted by atomic mass is 10.1. The molecule has 0 bridgehead atoms.